The van der Waals surface area contributed by atoms with Gasteiger partial charge in [-0.1, -0.05) is 12.1 Å². The zero-order chi connectivity index (χ0) is 13.1. The molecule has 1 aromatic carbocycles. The number of hydrogen-bond acceptors (Lipinski definition) is 5. The van der Waals surface area contributed by atoms with Crippen LogP contribution in [0, 0.1) is 0 Å². The van der Waals surface area contributed by atoms with Gasteiger partial charge in [0.1, 0.15) is 6.10 Å². The number of hydrogen-bond donors (Lipinski definition) is 2. The molecule has 0 bridgehead atoms. The molecule has 0 saturated heterocycles. The molecular formula is C12H15N3O3. The van der Waals surface area contributed by atoms with E-state index in [1.165, 1.54) is 0 Å². The van der Waals surface area contributed by atoms with Gasteiger partial charge >= 0.3 is 0 Å². The Balaban J connectivity index is 2.51. The first kappa shape index (κ1) is 12.5. The van der Waals surface area contributed by atoms with Gasteiger partial charge in [-0.25, -0.2) is 9.66 Å². The van der Waals surface area contributed by atoms with Crippen molar-refractivity contribution in [3.8, 4) is 0 Å². The number of rotatable bonds is 4. The number of aliphatic hydroxyl groups is 1. The predicted octanol–water partition coefficient (Wildman–Crippen LogP) is 0.180. The third-order valence-corrected chi connectivity index (χ3v) is 2.66. The molecule has 0 aliphatic rings. The molecule has 3 N–H and O–H groups in total. The van der Waals surface area contributed by atoms with Crippen molar-refractivity contribution < 1.29 is 9.84 Å². The summed E-state index contributed by atoms with van der Waals surface area (Å²) in [5.74, 6) is 6.06. The first-order valence-electron chi connectivity index (χ1n) is 5.64. The number of fused-ring (bicyclic) bond motifs is 1. The summed E-state index contributed by atoms with van der Waals surface area (Å²) in [4.78, 5) is 16.3. The van der Waals surface area contributed by atoms with Crippen LogP contribution in [0.4, 0.5) is 0 Å². The predicted molar refractivity (Wildman–Crippen MR) is 67.6 cm³/mol. The van der Waals surface area contributed by atoms with Crippen molar-refractivity contribution in [3.05, 3.63) is 40.4 Å². The summed E-state index contributed by atoms with van der Waals surface area (Å²) in [6.07, 6.45) is -0.459. The van der Waals surface area contributed by atoms with E-state index in [0.29, 0.717) is 16.7 Å². The van der Waals surface area contributed by atoms with Crippen LogP contribution in [-0.4, -0.2) is 28.0 Å². The molecular weight excluding hydrogens is 234 g/mol. The lowest BCUT2D eigenvalue weighted by Crippen LogP contribution is -2.33. The highest BCUT2D eigenvalue weighted by Gasteiger charge is 2.15. The lowest BCUT2D eigenvalue weighted by atomic mass is 10.2. The van der Waals surface area contributed by atoms with E-state index in [4.69, 9.17) is 15.7 Å². The third kappa shape index (κ3) is 2.20. The highest BCUT2D eigenvalue weighted by atomic mass is 16.5. The maximum atomic E-state index is 12.0. The van der Waals surface area contributed by atoms with Crippen molar-refractivity contribution in [2.24, 2.45) is 0 Å². The summed E-state index contributed by atoms with van der Waals surface area (Å²) < 4.78 is 6.30. The molecule has 6 nitrogen and oxygen atoms in total. The van der Waals surface area contributed by atoms with E-state index in [9.17, 15) is 4.79 Å². The number of aromatic nitrogens is 2. The average Bonchev–Trinajstić information content (AvgIpc) is 2.40. The summed E-state index contributed by atoms with van der Waals surface area (Å²) in [6, 6.07) is 6.99. The topological polar surface area (TPSA) is 90.4 Å². The Morgan fingerprint density at radius 2 is 2.22 bits per heavy atom. The molecule has 0 radical (unpaired) electrons. The van der Waals surface area contributed by atoms with Crippen LogP contribution in [0.5, 0.6) is 0 Å². The highest BCUT2D eigenvalue weighted by molar-refractivity contribution is 5.77. The first-order chi connectivity index (χ1) is 8.65. The van der Waals surface area contributed by atoms with Crippen LogP contribution in [0.3, 0.4) is 0 Å². The first-order valence-corrected chi connectivity index (χ1v) is 5.64. The summed E-state index contributed by atoms with van der Waals surface area (Å²) in [6.45, 7) is 1.81. The second-order valence-electron chi connectivity index (χ2n) is 3.90. The van der Waals surface area contributed by atoms with Gasteiger partial charge in [0.15, 0.2) is 5.82 Å². The van der Waals surface area contributed by atoms with E-state index < -0.39 is 6.10 Å². The Kier molecular flexibility index (Phi) is 3.59. The SMILES string of the molecule is C[C@@H](OCCO)c1nc2ccccc2c(=O)n1N. The van der Waals surface area contributed by atoms with Gasteiger partial charge in [0.2, 0.25) is 0 Å². The number of benzene rings is 1. The molecule has 0 amide bonds. The van der Waals surface area contributed by atoms with Gasteiger partial charge in [-0.15, -0.1) is 0 Å². The normalized spacial score (nSPS) is 12.8. The van der Waals surface area contributed by atoms with Crippen molar-refractivity contribution in [3.63, 3.8) is 0 Å². The number of para-hydroxylation sites is 1. The fourth-order valence-electron chi connectivity index (χ4n) is 1.75. The van der Waals surface area contributed by atoms with Crippen molar-refractivity contribution >= 4 is 10.9 Å². The van der Waals surface area contributed by atoms with E-state index in [1.54, 1.807) is 31.2 Å². The molecule has 0 aliphatic carbocycles. The molecule has 2 rings (SSSR count). The van der Waals surface area contributed by atoms with Crippen LogP contribution in [0.25, 0.3) is 10.9 Å². The number of nitrogen functional groups attached to an aromatic ring is 1. The van der Waals surface area contributed by atoms with Crippen molar-refractivity contribution in [2.45, 2.75) is 13.0 Å². The number of ether oxygens (including phenoxy) is 1. The van der Waals surface area contributed by atoms with Gasteiger partial charge < -0.3 is 15.7 Å². The summed E-state index contributed by atoms with van der Waals surface area (Å²) in [5.41, 5.74) is 0.272. The molecule has 0 spiro atoms. The summed E-state index contributed by atoms with van der Waals surface area (Å²) in [7, 11) is 0. The quantitative estimate of drug-likeness (QED) is 0.754. The Bertz CT molecular complexity index is 609. The fraction of sp³-hybridized carbons (Fsp3) is 0.333. The van der Waals surface area contributed by atoms with Gasteiger partial charge in [-0.2, -0.15) is 0 Å². The van der Waals surface area contributed by atoms with Crippen molar-refractivity contribution in [1.82, 2.24) is 9.66 Å². The minimum Gasteiger partial charge on any atom is -0.394 e. The molecule has 6 heteroatoms. The second-order valence-corrected chi connectivity index (χ2v) is 3.90. The smallest absolute Gasteiger partial charge is 0.279 e. The summed E-state index contributed by atoms with van der Waals surface area (Å²) >= 11 is 0. The van der Waals surface area contributed by atoms with Crippen LogP contribution in [0.2, 0.25) is 0 Å². The molecule has 0 unspecified atom stereocenters. The van der Waals surface area contributed by atoms with Crippen molar-refractivity contribution in [2.75, 3.05) is 19.1 Å². The molecule has 2 aromatic rings. The minimum atomic E-state index is -0.459. The van der Waals surface area contributed by atoms with Crippen LogP contribution in [0.1, 0.15) is 18.9 Å². The number of aliphatic hydroxyl groups excluding tert-OH is 1. The lowest BCUT2D eigenvalue weighted by molar-refractivity contribution is 0.0321. The Labute approximate surface area is 104 Å². The van der Waals surface area contributed by atoms with E-state index in [0.717, 1.165) is 4.68 Å². The number of nitrogens with two attached hydrogens (primary N) is 1. The van der Waals surface area contributed by atoms with Crippen LogP contribution in [0.15, 0.2) is 29.1 Å². The monoisotopic (exact) mass is 249 g/mol. The largest absolute Gasteiger partial charge is 0.394 e. The summed E-state index contributed by atoms with van der Waals surface area (Å²) in [5, 5.41) is 9.18. The lowest BCUT2D eigenvalue weighted by Gasteiger charge is -2.15. The number of nitrogens with zero attached hydrogens (tertiary/aromatic N) is 2. The molecule has 1 heterocycles. The van der Waals surface area contributed by atoms with Crippen LogP contribution in [-0.2, 0) is 4.74 Å². The molecule has 1 atom stereocenters. The Hall–Kier alpha value is -1.92. The third-order valence-electron chi connectivity index (χ3n) is 2.66. The Morgan fingerprint density at radius 3 is 2.94 bits per heavy atom. The highest BCUT2D eigenvalue weighted by Crippen LogP contribution is 2.14. The molecule has 0 saturated carbocycles. The van der Waals surface area contributed by atoms with E-state index in [2.05, 4.69) is 4.98 Å². The molecule has 1 aromatic heterocycles. The van der Waals surface area contributed by atoms with Crippen molar-refractivity contribution in [1.29, 1.82) is 0 Å². The zero-order valence-electron chi connectivity index (χ0n) is 10.0. The van der Waals surface area contributed by atoms with Gasteiger partial charge in [0.25, 0.3) is 5.56 Å². The average molecular weight is 249 g/mol. The van der Waals surface area contributed by atoms with Crippen LogP contribution >= 0.6 is 0 Å². The minimum absolute atomic E-state index is 0.0906. The van der Waals surface area contributed by atoms with E-state index >= 15 is 0 Å². The van der Waals surface area contributed by atoms with E-state index in [1.807, 2.05) is 0 Å². The van der Waals surface area contributed by atoms with Crippen LogP contribution < -0.4 is 11.4 Å². The molecule has 96 valence electrons. The maximum Gasteiger partial charge on any atom is 0.279 e. The maximum absolute atomic E-state index is 12.0. The molecule has 18 heavy (non-hydrogen) atoms. The van der Waals surface area contributed by atoms with E-state index in [-0.39, 0.29) is 18.8 Å². The van der Waals surface area contributed by atoms with Gasteiger partial charge in [0, 0.05) is 0 Å². The fourth-order valence-corrected chi connectivity index (χ4v) is 1.75. The molecule has 0 fully saturated rings. The van der Waals surface area contributed by atoms with Gasteiger partial charge in [0.05, 0.1) is 24.1 Å². The standard InChI is InChI=1S/C12H15N3O3/c1-8(18-7-6-16)11-14-10-5-3-2-4-9(10)12(17)15(11)13/h2-5,8,16H,6-7,13H2,1H3/t8-/m1/s1. The van der Waals surface area contributed by atoms with Gasteiger partial charge in [-0.3, -0.25) is 4.79 Å². The second kappa shape index (κ2) is 5.16. The Morgan fingerprint density at radius 1 is 1.50 bits per heavy atom. The van der Waals surface area contributed by atoms with Gasteiger partial charge in [-0.05, 0) is 19.1 Å². The zero-order valence-corrected chi connectivity index (χ0v) is 10.0. The molecule has 0 aliphatic heterocycles.